The van der Waals surface area contributed by atoms with Crippen molar-refractivity contribution in [2.24, 2.45) is 0 Å². The molecule has 4 heteroatoms. The first-order valence-corrected chi connectivity index (χ1v) is 5.15. The Morgan fingerprint density at radius 3 is 2.75 bits per heavy atom. The van der Waals surface area contributed by atoms with Gasteiger partial charge < -0.3 is 9.47 Å². The van der Waals surface area contributed by atoms with Crippen molar-refractivity contribution in [3.63, 3.8) is 0 Å². The van der Waals surface area contributed by atoms with E-state index in [1.807, 2.05) is 0 Å². The molecule has 0 atom stereocenters. The van der Waals surface area contributed by atoms with Gasteiger partial charge in [0, 0.05) is 12.0 Å². The van der Waals surface area contributed by atoms with E-state index >= 15 is 0 Å². The molecule has 0 aromatic heterocycles. The van der Waals surface area contributed by atoms with Gasteiger partial charge in [0.05, 0.1) is 6.42 Å². The SMILES string of the molecule is CCC(=O)CC(=O)c1ccc2c(c1)OCO2. The van der Waals surface area contributed by atoms with Crippen molar-refractivity contribution in [1.82, 2.24) is 0 Å². The Labute approximate surface area is 93.2 Å². The molecule has 0 aliphatic carbocycles. The first-order valence-electron chi connectivity index (χ1n) is 5.15. The van der Waals surface area contributed by atoms with Crippen LogP contribution in [0, 0.1) is 0 Å². The third-order valence-electron chi connectivity index (χ3n) is 2.45. The summed E-state index contributed by atoms with van der Waals surface area (Å²) < 4.78 is 10.3. The van der Waals surface area contributed by atoms with Crippen LogP contribution in [0.3, 0.4) is 0 Å². The van der Waals surface area contributed by atoms with Gasteiger partial charge in [-0.05, 0) is 18.2 Å². The van der Waals surface area contributed by atoms with E-state index in [1.54, 1.807) is 25.1 Å². The summed E-state index contributed by atoms with van der Waals surface area (Å²) in [6, 6.07) is 4.96. The van der Waals surface area contributed by atoms with Crippen molar-refractivity contribution >= 4 is 11.6 Å². The molecule has 0 saturated heterocycles. The number of ether oxygens (including phenoxy) is 2. The van der Waals surface area contributed by atoms with E-state index in [2.05, 4.69) is 0 Å². The van der Waals surface area contributed by atoms with Crippen molar-refractivity contribution in [1.29, 1.82) is 0 Å². The van der Waals surface area contributed by atoms with Crippen molar-refractivity contribution in [2.45, 2.75) is 19.8 Å². The summed E-state index contributed by atoms with van der Waals surface area (Å²) in [6.45, 7) is 1.93. The number of benzene rings is 1. The molecule has 0 unspecified atom stereocenters. The van der Waals surface area contributed by atoms with E-state index in [4.69, 9.17) is 9.47 Å². The minimum absolute atomic E-state index is 0.0455. The van der Waals surface area contributed by atoms with Crippen LogP contribution in [0.2, 0.25) is 0 Å². The minimum atomic E-state index is -0.176. The zero-order valence-electron chi connectivity index (χ0n) is 8.99. The second-order valence-electron chi connectivity index (χ2n) is 3.56. The zero-order chi connectivity index (χ0) is 11.5. The molecule has 16 heavy (non-hydrogen) atoms. The summed E-state index contributed by atoms with van der Waals surface area (Å²) in [7, 11) is 0. The van der Waals surface area contributed by atoms with Crippen molar-refractivity contribution in [3.8, 4) is 11.5 Å². The minimum Gasteiger partial charge on any atom is -0.454 e. The third kappa shape index (κ3) is 2.05. The predicted octanol–water partition coefficient (Wildman–Crippen LogP) is 1.97. The van der Waals surface area contributed by atoms with E-state index in [9.17, 15) is 9.59 Å². The monoisotopic (exact) mass is 220 g/mol. The molecule has 0 spiro atoms. The smallest absolute Gasteiger partial charge is 0.231 e. The van der Waals surface area contributed by atoms with Crippen LogP contribution in [0.15, 0.2) is 18.2 Å². The first kappa shape index (κ1) is 10.7. The summed E-state index contributed by atoms with van der Waals surface area (Å²) in [5, 5.41) is 0. The predicted molar refractivity (Wildman–Crippen MR) is 56.8 cm³/mol. The molecule has 1 aliphatic rings. The van der Waals surface area contributed by atoms with Gasteiger partial charge in [-0.1, -0.05) is 6.92 Å². The lowest BCUT2D eigenvalue weighted by molar-refractivity contribution is -0.117. The Balaban J connectivity index is 2.15. The number of carbonyl (C=O) groups excluding carboxylic acids is 2. The van der Waals surface area contributed by atoms with Gasteiger partial charge in [0.15, 0.2) is 17.3 Å². The Hall–Kier alpha value is -1.84. The van der Waals surface area contributed by atoms with Gasteiger partial charge >= 0.3 is 0 Å². The number of Topliss-reactive ketones (excluding diaryl/α,β-unsaturated/α-hetero) is 2. The molecule has 1 aliphatic heterocycles. The molecule has 4 nitrogen and oxygen atoms in total. The van der Waals surface area contributed by atoms with Crippen LogP contribution in [0.25, 0.3) is 0 Å². The number of rotatable bonds is 4. The maximum Gasteiger partial charge on any atom is 0.231 e. The van der Waals surface area contributed by atoms with Crippen LogP contribution in [-0.2, 0) is 4.79 Å². The van der Waals surface area contributed by atoms with Crippen LogP contribution in [-0.4, -0.2) is 18.4 Å². The number of hydrogen-bond acceptors (Lipinski definition) is 4. The summed E-state index contributed by atoms with van der Waals surface area (Å²) >= 11 is 0. The summed E-state index contributed by atoms with van der Waals surface area (Å²) in [6.07, 6.45) is 0.340. The largest absolute Gasteiger partial charge is 0.454 e. The van der Waals surface area contributed by atoms with Crippen LogP contribution in [0.5, 0.6) is 11.5 Å². The lowest BCUT2D eigenvalue weighted by Crippen LogP contribution is -2.06. The van der Waals surface area contributed by atoms with Crippen LogP contribution < -0.4 is 9.47 Å². The van der Waals surface area contributed by atoms with E-state index in [-0.39, 0.29) is 24.8 Å². The zero-order valence-corrected chi connectivity index (χ0v) is 8.99. The Morgan fingerprint density at radius 1 is 1.25 bits per heavy atom. The van der Waals surface area contributed by atoms with E-state index in [0.717, 1.165) is 0 Å². The summed E-state index contributed by atoms with van der Waals surface area (Å²) in [4.78, 5) is 22.8. The number of ketones is 2. The first-order chi connectivity index (χ1) is 7.70. The molecule has 1 aromatic carbocycles. The molecule has 0 amide bonds. The quantitative estimate of drug-likeness (QED) is 0.575. The molecular formula is C12H12O4. The molecular weight excluding hydrogens is 208 g/mol. The fourth-order valence-electron chi connectivity index (χ4n) is 1.48. The molecule has 0 saturated carbocycles. The molecule has 84 valence electrons. The highest BCUT2D eigenvalue weighted by Crippen LogP contribution is 2.32. The average Bonchev–Trinajstić information content (AvgIpc) is 2.75. The summed E-state index contributed by atoms with van der Waals surface area (Å²) in [5.74, 6) is 0.973. The van der Waals surface area contributed by atoms with E-state index in [0.29, 0.717) is 23.5 Å². The van der Waals surface area contributed by atoms with Crippen molar-refractivity contribution in [2.75, 3.05) is 6.79 Å². The van der Waals surface area contributed by atoms with Gasteiger partial charge in [-0.25, -0.2) is 0 Å². The standard InChI is InChI=1S/C12H12O4/c1-2-9(13)6-10(14)8-3-4-11-12(5-8)16-7-15-11/h3-5H,2,6-7H2,1H3. The maximum atomic E-state index is 11.7. The summed E-state index contributed by atoms with van der Waals surface area (Å²) in [5.41, 5.74) is 0.492. The Bertz CT molecular complexity index is 437. The highest BCUT2D eigenvalue weighted by Gasteiger charge is 2.17. The highest BCUT2D eigenvalue weighted by molar-refractivity contribution is 6.08. The molecule has 2 rings (SSSR count). The van der Waals surface area contributed by atoms with E-state index in [1.165, 1.54) is 0 Å². The number of hydrogen-bond donors (Lipinski definition) is 0. The van der Waals surface area contributed by atoms with Crippen LogP contribution in [0.4, 0.5) is 0 Å². The topological polar surface area (TPSA) is 52.6 Å². The molecule has 1 heterocycles. The lowest BCUT2D eigenvalue weighted by Gasteiger charge is -2.01. The molecule has 0 bridgehead atoms. The number of fused-ring (bicyclic) bond motifs is 1. The van der Waals surface area contributed by atoms with E-state index < -0.39 is 0 Å². The van der Waals surface area contributed by atoms with Gasteiger partial charge in [0.25, 0.3) is 0 Å². The van der Waals surface area contributed by atoms with Gasteiger partial charge in [0.1, 0.15) is 5.78 Å². The van der Waals surface area contributed by atoms with Crippen molar-refractivity contribution < 1.29 is 19.1 Å². The second kappa shape index (κ2) is 4.35. The average molecular weight is 220 g/mol. The maximum absolute atomic E-state index is 11.7. The van der Waals surface area contributed by atoms with Crippen LogP contribution in [0.1, 0.15) is 30.1 Å². The van der Waals surface area contributed by atoms with Gasteiger partial charge in [-0.2, -0.15) is 0 Å². The Morgan fingerprint density at radius 2 is 2.00 bits per heavy atom. The Kier molecular flexibility index (Phi) is 2.90. The van der Waals surface area contributed by atoms with Crippen LogP contribution >= 0.6 is 0 Å². The van der Waals surface area contributed by atoms with Gasteiger partial charge in [-0.3, -0.25) is 9.59 Å². The second-order valence-corrected chi connectivity index (χ2v) is 3.56. The molecule has 0 N–H and O–H groups in total. The molecule has 0 fully saturated rings. The van der Waals surface area contributed by atoms with Gasteiger partial charge in [0.2, 0.25) is 6.79 Å². The van der Waals surface area contributed by atoms with Crippen molar-refractivity contribution in [3.05, 3.63) is 23.8 Å². The lowest BCUT2D eigenvalue weighted by atomic mass is 10.0. The number of carbonyl (C=O) groups is 2. The molecule has 1 aromatic rings. The molecule has 0 radical (unpaired) electrons. The normalized spacial score (nSPS) is 12.6. The van der Waals surface area contributed by atoms with Gasteiger partial charge in [-0.15, -0.1) is 0 Å². The third-order valence-corrected chi connectivity index (χ3v) is 2.45. The highest BCUT2D eigenvalue weighted by atomic mass is 16.7. The fourth-order valence-corrected chi connectivity index (χ4v) is 1.48. The fraction of sp³-hybridized carbons (Fsp3) is 0.333.